The molecule has 5 nitrogen and oxygen atoms in total. The highest BCUT2D eigenvalue weighted by atomic mass is 35.5. The standard InChI is InChI=1S/C17H17F3N4OS.ClH/c18-17(19,20)11-1-2-13-12(7-11)21-15(26-13)22-14-8-16(25-23-14)9-24-5-3-10(16)4-6-24;/h1-2,7,10H,3-6,8-9H2,(H,21,22,23);1H/t16-;/m0./s1. The van der Waals surface area contributed by atoms with Gasteiger partial charge in [-0.15, -0.1) is 12.4 Å². The fourth-order valence-electron chi connectivity index (χ4n) is 4.27. The van der Waals surface area contributed by atoms with Crippen molar-refractivity contribution in [1.29, 1.82) is 0 Å². The molecule has 0 radical (unpaired) electrons. The average molecular weight is 419 g/mol. The number of hydroxylamine groups is 1. The number of nitrogens with zero attached hydrogens (tertiary/aromatic N) is 3. The van der Waals surface area contributed by atoms with E-state index in [9.17, 15) is 13.2 Å². The lowest BCUT2D eigenvalue weighted by Crippen LogP contribution is -2.59. The van der Waals surface area contributed by atoms with Gasteiger partial charge >= 0.3 is 6.18 Å². The number of alkyl halides is 3. The van der Waals surface area contributed by atoms with Gasteiger partial charge in [-0.1, -0.05) is 11.3 Å². The lowest BCUT2D eigenvalue weighted by atomic mass is 9.74. The summed E-state index contributed by atoms with van der Waals surface area (Å²) in [5, 5.41) is 0.448. The third-order valence-electron chi connectivity index (χ3n) is 5.60. The molecule has 4 aliphatic rings. The number of aromatic nitrogens is 1. The molecule has 4 aliphatic heterocycles. The minimum absolute atomic E-state index is 0. The quantitative estimate of drug-likeness (QED) is 0.755. The highest BCUT2D eigenvalue weighted by Crippen LogP contribution is 2.43. The van der Waals surface area contributed by atoms with E-state index in [0.717, 1.165) is 44.6 Å². The monoisotopic (exact) mass is 418 g/mol. The summed E-state index contributed by atoms with van der Waals surface area (Å²) in [5.41, 5.74) is 2.34. The maximum absolute atomic E-state index is 12.8. The maximum Gasteiger partial charge on any atom is 0.416 e. The molecule has 1 aromatic heterocycles. The van der Waals surface area contributed by atoms with Crippen LogP contribution < -0.4 is 5.48 Å². The molecule has 27 heavy (non-hydrogen) atoms. The number of thiazole rings is 1. The molecule has 10 heteroatoms. The van der Waals surface area contributed by atoms with Gasteiger partial charge in [0.25, 0.3) is 0 Å². The fourth-order valence-corrected chi connectivity index (χ4v) is 5.12. The first-order valence-corrected chi connectivity index (χ1v) is 9.45. The van der Waals surface area contributed by atoms with Crippen molar-refractivity contribution in [3.05, 3.63) is 23.8 Å². The Hall–Kier alpha value is -1.42. The summed E-state index contributed by atoms with van der Waals surface area (Å²) in [7, 11) is 0. The summed E-state index contributed by atoms with van der Waals surface area (Å²) in [6.07, 6.45) is -1.41. The van der Waals surface area contributed by atoms with Crippen molar-refractivity contribution < 1.29 is 18.0 Å². The number of amidine groups is 1. The van der Waals surface area contributed by atoms with Crippen molar-refractivity contribution in [2.75, 3.05) is 19.6 Å². The third kappa shape index (κ3) is 3.30. The molecule has 0 amide bonds. The molecule has 0 unspecified atom stereocenters. The first-order chi connectivity index (χ1) is 12.4. The summed E-state index contributed by atoms with van der Waals surface area (Å²) in [4.78, 5) is 17.1. The molecule has 1 N–H and O–H groups in total. The second-order valence-corrected chi connectivity index (χ2v) is 8.24. The lowest BCUT2D eigenvalue weighted by Gasteiger charge is -2.49. The number of nitrogens with one attached hydrogen (secondary N) is 1. The molecule has 4 saturated heterocycles. The molecule has 6 rings (SSSR count). The zero-order valence-corrected chi connectivity index (χ0v) is 15.9. The Kier molecular flexibility index (Phi) is 4.61. The topological polar surface area (TPSA) is 49.8 Å². The van der Waals surface area contributed by atoms with Gasteiger partial charge in [0.15, 0.2) is 0 Å². The highest BCUT2D eigenvalue weighted by molar-refractivity contribution is 7.22. The van der Waals surface area contributed by atoms with Crippen LogP contribution in [0.3, 0.4) is 0 Å². The van der Waals surface area contributed by atoms with E-state index in [1.54, 1.807) is 0 Å². The van der Waals surface area contributed by atoms with Gasteiger partial charge in [-0.2, -0.15) is 13.2 Å². The Morgan fingerprint density at radius 3 is 2.74 bits per heavy atom. The van der Waals surface area contributed by atoms with E-state index >= 15 is 0 Å². The van der Waals surface area contributed by atoms with Crippen molar-refractivity contribution in [3.63, 3.8) is 0 Å². The molecule has 2 bridgehead atoms. The minimum Gasteiger partial charge on any atom is -0.300 e. The number of rotatable bonds is 1. The molecule has 1 atom stereocenters. The number of aliphatic imine (C=N–C) groups is 1. The van der Waals surface area contributed by atoms with E-state index in [1.165, 1.54) is 17.4 Å². The largest absolute Gasteiger partial charge is 0.416 e. The predicted molar refractivity (Wildman–Crippen MR) is 99.7 cm³/mol. The first kappa shape index (κ1) is 18.9. The van der Waals surface area contributed by atoms with E-state index < -0.39 is 11.7 Å². The molecular formula is C17H18ClF3N4OS. The molecular weight excluding hydrogens is 401 g/mol. The number of fused-ring (bicyclic) bond motifs is 3. The zero-order chi connectivity index (χ0) is 17.9. The molecule has 2 aromatic rings. The summed E-state index contributed by atoms with van der Waals surface area (Å²) >= 11 is 1.28. The number of halogens is 4. The van der Waals surface area contributed by atoms with Gasteiger partial charge < -0.3 is 4.90 Å². The van der Waals surface area contributed by atoms with Crippen LogP contribution in [0.1, 0.15) is 24.8 Å². The van der Waals surface area contributed by atoms with Crippen molar-refractivity contribution >= 4 is 44.9 Å². The summed E-state index contributed by atoms with van der Waals surface area (Å²) < 4.78 is 39.2. The molecule has 4 fully saturated rings. The molecule has 0 saturated carbocycles. The summed E-state index contributed by atoms with van der Waals surface area (Å²) in [6, 6.07) is 3.60. The van der Waals surface area contributed by atoms with Gasteiger partial charge in [-0.25, -0.2) is 9.98 Å². The van der Waals surface area contributed by atoms with Crippen molar-refractivity contribution in [2.45, 2.75) is 31.0 Å². The third-order valence-corrected chi connectivity index (χ3v) is 6.53. The number of hydrogen-bond donors (Lipinski definition) is 1. The Morgan fingerprint density at radius 1 is 1.30 bits per heavy atom. The minimum atomic E-state index is -4.37. The van der Waals surface area contributed by atoms with E-state index in [1.807, 2.05) is 0 Å². The van der Waals surface area contributed by atoms with Crippen LogP contribution in [-0.4, -0.2) is 41.0 Å². The fraction of sp³-hybridized carbons (Fsp3) is 0.529. The Labute approximate surface area is 164 Å². The van der Waals surface area contributed by atoms with Gasteiger partial charge in [0, 0.05) is 13.0 Å². The SMILES string of the molecule is Cl.FC(F)(F)c1ccc2sc(/N=C3/C[C@@]4(CN5CCC4CC5)ON3)nc2c1. The smallest absolute Gasteiger partial charge is 0.300 e. The van der Waals surface area contributed by atoms with Crippen LogP contribution in [0.5, 0.6) is 0 Å². The molecule has 0 aliphatic carbocycles. The number of benzene rings is 1. The second kappa shape index (κ2) is 6.58. The van der Waals surface area contributed by atoms with Crippen LogP contribution in [0.15, 0.2) is 23.2 Å². The van der Waals surface area contributed by atoms with Crippen LogP contribution in [0.4, 0.5) is 18.3 Å². The van der Waals surface area contributed by atoms with Crippen LogP contribution in [0.2, 0.25) is 0 Å². The van der Waals surface area contributed by atoms with Gasteiger partial charge in [0.2, 0.25) is 5.13 Å². The Bertz CT molecular complexity index is 894. The van der Waals surface area contributed by atoms with Gasteiger partial charge in [-0.3, -0.25) is 10.3 Å². The average Bonchev–Trinajstić information content (AvgIpc) is 3.18. The molecule has 1 aromatic carbocycles. The van der Waals surface area contributed by atoms with E-state index in [0.29, 0.717) is 33.5 Å². The van der Waals surface area contributed by atoms with Crippen LogP contribution in [0, 0.1) is 5.92 Å². The van der Waals surface area contributed by atoms with E-state index in [4.69, 9.17) is 4.84 Å². The molecule has 146 valence electrons. The van der Waals surface area contributed by atoms with Crippen LogP contribution >= 0.6 is 23.7 Å². The normalized spacial score (nSPS) is 31.4. The van der Waals surface area contributed by atoms with E-state index in [2.05, 4.69) is 20.4 Å². The van der Waals surface area contributed by atoms with E-state index in [-0.39, 0.29) is 18.0 Å². The summed E-state index contributed by atoms with van der Waals surface area (Å²) in [6.45, 7) is 3.15. The maximum atomic E-state index is 12.8. The highest BCUT2D eigenvalue weighted by Gasteiger charge is 2.52. The van der Waals surface area contributed by atoms with Gasteiger partial charge in [-0.05, 0) is 50.0 Å². The van der Waals surface area contributed by atoms with Crippen molar-refractivity contribution in [2.24, 2.45) is 10.9 Å². The van der Waals surface area contributed by atoms with Crippen LogP contribution in [-0.2, 0) is 11.0 Å². The molecule has 1 spiro atoms. The molecule has 5 heterocycles. The van der Waals surface area contributed by atoms with Crippen molar-refractivity contribution in [3.8, 4) is 0 Å². The lowest BCUT2D eigenvalue weighted by molar-refractivity contribution is -0.150. The summed E-state index contributed by atoms with van der Waals surface area (Å²) in [5.74, 6) is 1.23. The van der Waals surface area contributed by atoms with Gasteiger partial charge in [0.1, 0.15) is 11.4 Å². The number of piperidine rings is 3. The van der Waals surface area contributed by atoms with Crippen molar-refractivity contribution in [1.82, 2.24) is 15.4 Å². The predicted octanol–water partition coefficient (Wildman–Crippen LogP) is 4.16. The van der Waals surface area contributed by atoms with Gasteiger partial charge in [0.05, 0.1) is 15.8 Å². The first-order valence-electron chi connectivity index (χ1n) is 8.63. The van der Waals surface area contributed by atoms with Crippen LogP contribution in [0.25, 0.3) is 10.2 Å². The Morgan fingerprint density at radius 2 is 2.07 bits per heavy atom. The Balaban J connectivity index is 0.00000180. The number of hydrogen-bond acceptors (Lipinski definition) is 5. The second-order valence-electron chi connectivity index (χ2n) is 7.23. The zero-order valence-electron chi connectivity index (χ0n) is 14.3.